The number of pyridine rings is 2. The van der Waals surface area contributed by atoms with Gasteiger partial charge in [-0.3, -0.25) is 19.6 Å². The van der Waals surface area contributed by atoms with Crippen molar-refractivity contribution in [2.75, 3.05) is 18.1 Å². The lowest BCUT2D eigenvalue weighted by atomic mass is 9.71. The third-order valence-electron chi connectivity index (χ3n) is 5.98. The first-order chi connectivity index (χ1) is 14.7. The molecule has 0 aliphatic carbocycles. The maximum atomic E-state index is 13.3. The van der Waals surface area contributed by atoms with Gasteiger partial charge in [-0.05, 0) is 35.9 Å². The Labute approximate surface area is 173 Å². The van der Waals surface area contributed by atoms with Gasteiger partial charge in [0.15, 0.2) is 0 Å². The molecule has 5 rings (SSSR count). The number of rotatable bonds is 3. The highest BCUT2D eigenvalue weighted by Crippen LogP contribution is 2.48. The number of para-hydroxylation sites is 1. The highest BCUT2D eigenvalue weighted by atomic mass is 16.3. The maximum absolute atomic E-state index is 13.3. The minimum atomic E-state index is -0.344. The molecule has 1 saturated heterocycles. The number of aromatic nitrogens is 2. The molecule has 0 unspecified atom stereocenters. The normalized spacial score (nSPS) is 22.0. The molecular weight excluding hydrogens is 380 g/mol. The average Bonchev–Trinajstić information content (AvgIpc) is 2.80. The Hall–Kier alpha value is -3.58. The second-order valence-electron chi connectivity index (χ2n) is 7.48. The van der Waals surface area contributed by atoms with E-state index in [9.17, 15) is 14.7 Å². The van der Waals surface area contributed by atoms with Crippen LogP contribution in [0.5, 0.6) is 0 Å². The predicted octanol–water partition coefficient (Wildman–Crippen LogP) is 2.11. The molecule has 0 radical (unpaired) electrons. The number of anilines is 1. The monoisotopic (exact) mass is 400 g/mol. The van der Waals surface area contributed by atoms with Crippen LogP contribution in [-0.4, -0.2) is 57.0 Å². The fourth-order valence-corrected chi connectivity index (χ4v) is 4.63. The van der Waals surface area contributed by atoms with Crippen LogP contribution >= 0.6 is 0 Å². The number of nitrogens with zero attached hydrogens (tertiary/aromatic N) is 4. The second kappa shape index (κ2) is 7.35. The Kier molecular flexibility index (Phi) is 4.52. The Balaban J connectivity index is 1.54. The van der Waals surface area contributed by atoms with E-state index in [2.05, 4.69) is 9.97 Å². The lowest BCUT2D eigenvalue weighted by molar-refractivity contribution is -0.0250. The van der Waals surface area contributed by atoms with Gasteiger partial charge in [-0.15, -0.1) is 0 Å². The van der Waals surface area contributed by atoms with Crippen LogP contribution in [0.1, 0.15) is 32.3 Å². The highest BCUT2D eigenvalue weighted by molar-refractivity contribution is 6.07. The van der Waals surface area contributed by atoms with Gasteiger partial charge in [0, 0.05) is 42.3 Å². The summed E-state index contributed by atoms with van der Waals surface area (Å²) in [7, 11) is 0. The van der Waals surface area contributed by atoms with Crippen LogP contribution in [0.25, 0.3) is 0 Å². The molecule has 1 N–H and O–H groups in total. The first-order valence-corrected chi connectivity index (χ1v) is 9.86. The van der Waals surface area contributed by atoms with Gasteiger partial charge in [0.25, 0.3) is 11.8 Å². The minimum Gasteiger partial charge on any atom is -0.394 e. The third-order valence-corrected chi connectivity index (χ3v) is 5.98. The maximum Gasteiger partial charge on any atom is 0.273 e. The topological polar surface area (TPSA) is 86.6 Å². The van der Waals surface area contributed by atoms with Gasteiger partial charge in [0.2, 0.25) is 0 Å². The van der Waals surface area contributed by atoms with Crippen molar-refractivity contribution in [3.05, 3.63) is 90.0 Å². The number of fused-ring (bicyclic) bond motifs is 3. The Morgan fingerprint density at radius 2 is 1.73 bits per heavy atom. The highest BCUT2D eigenvalue weighted by Gasteiger charge is 2.55. The van der Waals surface area contributed by atoms with Gasteiger partial charge in [-0.1, -0.05) is 24.3 Å². The first kappa shape index (κ1) is 18.4. The molecule has 0 saturated carbocycles. The summed E-state index contributed by atoms with van der Waals surface area (Å²) < 4.78 is 0. The molecule has 2 aliphatic heterocycles. The smallest absolute Gasteiger partial charge is 0.273 e. The summed E-state index contributed by atoms with van der Waals surface area (Å²) >= 11 is 0. The van der Waals surface area contributed by atoms with Crippen molar-refractivity contribution >= 4 is 17.5 Å². The van der Waals surface area contributed by atoms with Crippen LogP contribution in [0.15, 0.2) is 73.2 Å². The van der Waals surface area contributed by atoms with Crippen LogP contribution in [0.4, 0.5) is 5.69 Å². The Morgan fingerprint density at radius 1 is 0.967 bits per heavy atom. The summed E-state index contributed by atoms with van der Waals surface area (Å²) in [6.45, 7) is 0.213. The zero-order chi connectivity index (χ0) is 20.7. The number of carbonyl (C=O) groups excluding carboxylic acids is 2. The quantitative estimate of drug-likeness (QED) is 0.728. The summed E-state index contributed by atoms with van der Waals surface area (Å²) in [5.41, 5.74) is 2.67. The van der Waals surface area contributed by atoms with Crippen LogP contribution in [0, 0.1) is 0 Å². The lowest BCUT2D eigenvalue weighted by Gasteiger charge is -2.58. The molecule has 2 aliphatic rings. The van der Waals surface area contributed by atoms with Gasteiger partial charge in [-0.2, -0.15) is 0 Å². The van der Waals surface area contributed by atoms with Crippen molar-refractivity contribution in [1.29, 1.82) is 0 Å². The minimum absolute atomic E-state index is 0.0275. The van der Waals surface area contributed by atoms with Crippen molar-refractivity contribution in [2.45, 2.75) is 18.0 Å². The molecule has 2 amide bonds. The standard InChI is InChI=1S/C23H20N4O3/c28-14-20-21-16-5-1-2-7-18(16)26(22(29)15-8-11-24-12-9-15)13-19(21)27(20)23(30)17-6-3-4-10-25-17/h1-12,19-21,28H,13-14H2/t19-,20+,21+/m0/s1. The molecule has 2 aromatic heterocycles. The van der Waals surface area contributed by atoms with E-state index in [-0.39, 0.29) is 36.4 Å². The molecule has 0 bridgehead atoms. The van der Waals surface area contributed by atoms with E-state index in [0.29, 0.717) is 17.8 Å². The molecule has 3 aromatic rings. The third kappa shape index (κ3) is 2.78. The van der Waals surface area contributed by atoms with E-state index in [1.165, 1.54) is 0 Å². The number of amides is 2. The van der Waals surface area contributed by atoms with Crippen molar-refractivity contribution < 1.29 is 14.7 Å². The first-order valence-electron chi connectivity index (χ1n) is 9.86. The number of likely N-dealkylation sites (tertiary alicyclic amines) is 1. The lowest BCUT2D eigenvalue weighted by Crippen LogP contribution is -2.70. The number of hydrogen-bond donors (Lipinski definition) is 1. The Bertz CT molecular complexity index is 1090. The largest absolute Gasteiger partial charge is 0.394 e. The van der Waals surface area contributed by atoms with Crippen LogP contribution in [0.3, 0.4) is 0 Å². The summed E-state index contributed by atoms with van der Waals surface area (Å²) in [6, 6.07) is 15.7. The summed E-state index contributed by atoms with van der Waals surface area (Å²) in [5.74, 6) is -0.395. The zero-order valence-electron chi connectivity index (χ0n) is 16.1. The second-order valence-corrected chi connectivity index (χ2v) is 7.48. The average molecular weight is 400 g/mol. The molecule has 1 aromatic carbocycles. The molecule has 1 fully saturated rings. The molecule has 7 heteroatoms. The number of aliphatic hydroxyl groups is 1. The van der Waals surface area contributed by atoms with Crippen molar-refractivity contribution in [3.63, 3.8) is 0 Å². The molecule has 150 valence electrons. The van der Waals surface area contributed by atoms with Crippen LogP contribution < -0.4 is 4.90 Å². The van der Waals surface area contributed by atoms with E-state index in [0.717, 1.165) is 11.3 Å². The summed E-state index contributed by atoms with van der Waals surface area (Å²) in [4.78, 5) is 38.0. The molecule has 0 spiro atoms. The molecule has 3 atom stereocenters. The van der Waals surface area contributed by atoms with Crippen LogP contribution in [0.2, 0.25) is 0 Å². The van der Waals surface area contributed by atoms with E-state index in [4.69, 9.17) is 0 Å². The zero-order valence-corrected chi connectivity index (χ0v) is 16.1. The summed E-state index contributed by atoms with van der Waals surface area (Å²) in [6.07, 6.45) is 4.76. The predicted molar refractivity (Wildman–Crippen MR) is 110 cm³/mol. The molecular formula is C23H20N4O3. The fourth-order valence-electron chi connectivity index (χ4n) is 4.63. The number of hydrogen-bond acceptors (Lipinski definition) is 5. The van der Waals surface area contributed by atoms with Gasteiger partial charge >= 0.3 is 0 Å². The van der Waals surface area contributed by atoms with Crippen LogP contribution in [-0.2, 0) is 0 Å². The van der Waals surface area contributed by atoms with Gasteiger partial charge in [0.1, 0.15) is 5.69 Å². The number of carbonyl (C=O) groups is 2. The van der Waals surface area contributed by atoms with E-state index in [1.54, 1.807) is 58.7 Å². The Morgan fingerprint density at radius 3 is 2.47 bits per heavy atom. The van der Waals surface area contributed by atoms with E-state index >= 15 is 0 Å². The van der Waals surface area contributed by atoms with Crippen molar-refractivity contribution in [1.82, 2.24) is 14.9 Å². The molecule has 4 heterocycles. The van der Waals surface area contributed by atoms with Gasteiger partial charge in [0.05, 0.1) is 18.7 Å². The summed E-state index contributed by atoms with van der Waals surface area (Å²) in [5, 5.41) is 10.1. The SMILES string of the molecule is O=C(c1ccncc1)N1C[C@H]2[C@@H](c3ccccc31)[C@@H](CO)N2C(=O)c1ccccn1. The van der Waals surface area contributed by atoms with Crippen molar-refractivity contribution in [2.24, 2.45) is 0 Å². The molecule has 30 heavy (non-hydrogen) atoms. The number of aliphatic hydroxyl groups excluding tert-OH is 1. The van der Waals surface area contributed by atoms with Crippen molar-refractivity contribution in [3.8, 4) is 0 Å². The fraction of sp³-hybridized carbons (Fsp3) is 0.217. The van der Waals surface area contributed by atoms with E-state index in [1.807, 2.05) is 24.3 Å². The molecule has 7 nitrogen and oxygen atoms in total. The van der Waals surface area contributed by atoms with E-state index < -0.39 is 0 Å². The van der Waals surface area contributed by atoms with Gasteiger partial charge in [-0.25, -0.2) is 0 Å². The van der Waals surface area contributed by atoms with Gasteiger partial charge < -0.3 is 14.9 Å². The number of benzene rings is 1.